The Labute approximate surface area is 186 Å². The van der Waals surface area contributed by atoms with Crippen molar-refractivity contribution < 1.29 is 24.6 Å². The Bertz CT molecular complexity index is 1230. The van der Waals surface area contributed by atoms with Crippen molar-refractivity contribution in [1.82, 2.24) is 4.98 Å². The van der Waals surface area contributed by atoms with E-state index in [1.54, 1.807) is 18.2 Å². The minimum absolute atomic E-state index is 0.151. The van der Waals surface area contributed by atoms with Gasteiger partial charge in [-0.15, -0.1) is 0 Å². The summed E-state index contributed by atoms with van der Waals surface area (Å²) >= 11 is 12.2. The molecule has 3 aromatic rings. The van der Waals surface area contributed by atoms with Crippen LogP contribution in [-0.2, 0) is 22.6 Å². The fraction of sp³-hybridized carbons (Fsp3) is 0.0952. The van der Waals surface area contributed by atoms with Crippen LogP contribution in [-0.4, -0.2) is 33.0 Å². The maximum absolute atomic E-state index is 12.5. The lowest BCUT2D eigenvalue weighted by atomic mass is 10.1. The number of amides is 1. The number of rotatable bonds is 7. The number of fused-ring (bicyclic) bond motifs is 1. The number of carbonyl (C=O) groups excluding carboxylic acids is 1. The number of carboxylic acids is 2. The summed E-state index contributed by atoms with van der Waals surface area (Å²) in [5, 5.41) is 22.2. The van der Waals surface area contributed by atoms with Gasteiger partial charge in [-0.2, -0.15) is 0 Å². The zero-order valence-corrected chi connectivity index (χ0v) is 17.4. The first-order valence-corrected chi connectivity index (χ1v) is 9.72. The lowest BCUT2D eigenvalue weighted by Crippen LogP contribution is -2.12. The zero-order chi connectivity index (χ0) is 22.7. The lowest BCUT2D eigenvalue weighted by Gasteiger charge is -2.10. The molecular formula is C21H17Cl2N3O5. The Morgan fingerprint density at radius 2 is 1.87 bits per heavy atom. The molecule has 3 rings (SSSR count). The van der Waals surface area contributed by atoms with Crippen LogP contribution in [0.2, 0.25) is 10.0 Å². The molecule has 1 heterocycles. The van der Waals surface area contributed by atoms with Crippen molar-refractivity contribution in [2.24, 2.45) is 5.73 Å². The minimum Gasteiger partial charge on any atom is -0.481 e. The number of nitrogens with two attached hydrogens (primary N) is 1. The van der Waals surface area contributed by atoms with Gasteiger partial charge < -0.3 is 26.2 Å². The largest absolute Gasteiger partial charge is 0.481 e. The van der Waals surface area contributed by atoms with E-state index in [0.29, 0.717) is 27.2 Å². The monoisotopic (exact) mass is 461 g/mol. The van der Waals surface area contributed by atoms with Crippen molar-refractivity contribution in [3.63, 3.8) is 0 Å². The molecule has 0 spiro atoms. The molecule has 0 aliphatic carbocycles. The first kappa shape index (κ1) is 22.4. The van der Waals surface area contributed by atoms with E-state index in [9.17, 15) is 19.5 Å². The second-order valence-electron chi connectivity index (χ2n) is 6.62. The van der Waals surface area contributed by atoms with Crippen LogP contribution in [0.5, 0.6) is 0 Å². The van der Waals surface area contributed by atoms with Gasteiger partial charge in [-0.05, 0) is 35.4 Å². The topological polar surface area (TPSA) is 146 Å². The predicted octanol–water partition coefficient (Wildman–Crippen LogP) is 3.91. The summed E-state index contributed by atoms with van der Waals surface area (Å²) in [6.45, 7) is 0.226. The lowest BCUT2D eigenvalue weighted by molar-refractivity contribution is -0.136. The summed E-state index contributed by atoms with van der Waals surface area (Å²) in [5.41, 5.74) is 7.50. The van der Waals surface area contributed by atoms with Crippen LogP contribution < -0.4 is 11.1 Å². The SMILES string of the molecule is NCc1ccc(NC(=O)/C=C/c2c(C(=O)O)[nH]c3cc(Cl)cc(Cl)c23)c(CC(=O)O)c1. The average Bonchev–Trinajstić information content (AvgIpc) is 3.06. The highest BCUT2D eigenvalue weighted by molar-refractivity contribution is 6.39. The number of aromatic carboxylic acids is 1. The first-order chi connectivity index (χ1) is 14.7. The Kier molecular flexibility index (Phi) is 6.65. The highest BCUT2D eigenvalue weighted by atomic mass is 35.5. The molecule has 160 valence electrons. The molecule has 0 saturated carbocycles. The standard InChI is InChI=1S/C21H17Cl2N3O5/c22-12-7-14(23)19-13(20(21(30)31)26-16(19)8-12)2-4-17(27)25-15-3-1-10(9-24)5-11(15)6-18(28)29/h1-5,7-8,26H,6,9,24H2,(H,25,27)(H,28,29)(H,30,31)/b4-2+. The van der Waals surface area contributed by atoms with Gasteiger partial charge in [0.15, 0.2) is 0 Å². The second kappa shape index (κ2) is 9.22. The summed E-state index contributed by atoms with van der Waals surface area (Å²) in [6.07, 6.45) is 2.17. The summed E-state index contributed by atoms with van der Waals surface area (Å²) in [7, 11) is 0. The van der Waals surface area contributed by atoms with Crippen LogP contribution in [0.25, 0.3) is 17.0 Å². The third kappa shape index (κ3) is 5.05. The van der Waals surface area contributed by atoms with Crippen molar-refractivity contribution in [2.75, 3.05) is 5.32 Å². The smallest absolute Gasteiger partial charge is 0.352 e. The van der Waals surface area contributed by atoms with Crippen molar-refractivity contribution in [3.8, 4) is 0 Å². The molecule has 0 fully saturated rings. The van der Waals surface area contributed by atoms with Gasteiger partial charge in [0, 0.05) is 39.8 Å². The van der Waals surface area contributed by atoms with E-state index in [1.807, 2.05) is 0 Å². The molecule has 0 radical (unpaired) electrons. The number of aliphatic carboxylic acids is 1. The zero-order valence-electron chi connectivity index (χ0n) is 15.9. The van der Waals surface area contributed by atoms with Crippen LogP contribution in [0.15, 0.2) is 36.4 Å². The molecule has 0 saturated heterocycles. The second-order valence-corrected chi connectivity index (χ2v) is 7.46. The molecule has 8 nitrogen and oxygen atoms in total. The van der Waals surface area contributed by atoms with E-state index in [1.165, 1.54) is 18.2 Å². The molecule has 1 amide bonds. The van der Waals surface area contributed by atoms with Crippen LogP contribution in [0.1, 0.15) is 27.2 Å². The van der Waals surface area contributed by atoms with Crippen molar-refractivity contribution in [2.45, 2.75) is 13.0 Å². The van der Waals surface area contributed by atoms with Crippen molar-refractivity contribution >= 4 is 63.7 Å². The number of nitrogens with one attached hydrogen (secondary N) is 2. The number of H-pyrrole nitrogens is 1. The summed E-state index contributed by atoms with van der Waals surface area (Å²) < 4.78 is 0. The van der Waals surface area contributed by atoms with E-state index >= 15 is 0 Å². The number of benzene rings is 2. The number of halogens is 2. The normalized spacial score (nSPS) is 11.2. The van der Waals surface area contributed by atoms with Crippen LogP contribution in [0.3, 0.4) is 0 Å². The molecule has 0 atom stereocenters. The van der Waals surface area contributed by atoms with Crippen LogP contribution >= 0.6 is 23.2 Å². The highest BCUT2D eigenvalue weighted by Gasteiger charge is 2.18. The molecule has 0 unspecified atom stereocenters. The van der Waals surface area contributed by atoms with E-state index in [0.717, 1.165) is 11.6 Å². The van der Waals surface area contributed by atoms with Gasteiger partial charge in [-0.3, -0.25) is 9.59 Å². The number of carbonyl (C=O) groups is 3. The van der Waals surface area contributed by atoms with E-state index in [-0.39, 0.29) is 29.2 Å². The number of hydrogen-bond donors (Lipinski definition) is 5. The predicted molar refractivity (Wildman–Crippen MR) is 119 cm³/mol. The van der Waals surface area contributed by atoms with Crippen LogP contribution in [0.4, 0.5) is 5.69 Å². The highest BCUT2D eigenvalue weighted by Crippen LogP contribution is 2.33. The molecule has 1 aromatic heterocycles. The third-order valence-corrected chi connectivity index (χ3v) is 4.99. The Hall–Kier alpha value is -3.33. The first-order valence-electron chi connectivity index (χ1n) is 8.96. The van der Waals surface area contributed by atoms with Gasteiger partial charge in [-0.1, -0.05) is 35.3 Å². The molecular weight excluding hydrogens is 445 g/mol. The third-order valence-electron chi connectivity index (χ3n) is 4.47. The molecule has 0 aliphatic heterocycles. The number of carboxylic acid groups (broad SMARTS) is 2. The van der Waals surface area contributed by atoms with Gasteiger partial charge in [-0.25, -0.2) is 4.79 Å². The Balaban J connectivity index is 1.94. The quantitative estimate of drug-likeness (QED) is 0.337. The van der Waals surface area contributed by atoms with Gasteiger partial charge in [0.05, 0.1) is 11.4 Å². The number of aromatic amines is 1. The van der Waals surface area contributed by atoms with Crippen LogP contribution in [0, 0.1) is 0 Å². The van der Waals surface area contributed by atoms with E-state index in [4.69, 9.17) is 34.0 Å². The Morgan fingerprint density at radius 3 is 2.52 bits per heavy atom. The maximum Gasteiger partial charge on any atom is 0.352 e. The van der Waals surface area contributed by atoms with Gasteiger partial charge in [0.1, 0.15) is 5.69 Å². The van der Waals surface area contributed by atoms with Gasteiger partial charge in [0.25, 0.3) is 0 Å². The van der Waals surface area contributed by atoms with E-state index < -0.39 is 17.8 Å². The van der Waals surface area contributed by atoms with Gasteiger partial charge >= 0.3 is 11.9 Å². The maximum atomic E-state index is 12.5. The fourth-order valence-electron chi connectivity index (χ4n) is 3.15. The van der Waals surface area contributed by atoms with Crippen molar-refractivity contribution in [3.05, 3.63) is 68.8 Å². The number of hydrogen-bond acceptors (Lipinski definition) is 4. The molecule has 0 aliphatic rings. The number of anilines is 1. The molecule has 2 aromatic carbocycles. The summed E-state index contributed by atoms with van der Waals surface area (Å²) in [6, 6.07) is 7.86. The fourth-order valence-corrected chi connectivity index (χ4v) is 3.74. The molecule has 31 heavy (non-hydrogen) atoms. The summed E-state index contributed by atoms with van der Waals surface area (Å²) in [5.74, 6) is -2.87. The van der Waals surface area contributed by atoms with E-state index in [2.05, 4.69) is 10.3 Å². The molecule has 6 N–H and O–H groups in total. The summed E-state index contributed by atoms with van der Waals surface area (Å²) in [4.78, 5) is 38.0. The average molecular weight is 462 g/mol. The Morgan fingerprint density at radius 1 is 1.13 bits per heavy atom. The van der Waals surface area contributed by atoms with Gasteiger partial charge in [0.2, 0.25) is 5.91 Å². The minimum atomic E-state index is -1.23. The number of aromatic nitrogens is 1. The van der Waals surface area contributed by atoms with Crippen molar-refractivity contribution in [1.29, 1.82) is 0 Å². The molecule has 0 bridgehead atoms. The molecule has 10 heteroatoms.